The first-order chi connectivity index (χ1) is 5.41. The molecule has 0 saturated heterocycles. The fraction of sp³-hybridized carbons (Fsp3) is 0.429. The predicted molar refractivity (Wildman–Crippen MR) is 44.4 cm³/mol. The maximum absolute atomic E-state index is 9.75. The molecular weight excluding hydrogens is 274 g/mol. The number of halogens is 4. The molecule has 0 fully saturated rings. The first-order valence-corrected chi connectivity index (χ1v) is 3.51. The summed E-state index contributed by atoms with van der Waals surface area (Å²) in [6, 6.07) is 0. The molecule has 0 heterocycles. The molecular formula is C7H12BF4Rh. The van der Waals surface area contributed by atoms with Crippen LogP contribution in [-0.2, 0) is 19.5 Å². The number of allylic oxidation sites excluding steroid dienone is 4. The maximum atomic E-state index is 9.75. The monoisotopic (exact) mass is 286 g/mol. The van der Waals surface area contributed by atoms with Gasteiger partial charge in [0, 0.05) is 0 Å². The molecule has 6 heteroatoms. The second-order valence-corrected chi connectivity index (χ2v) is 1.87. The van der Waals surface area contributed by atoms with E-state index in [2.05, 4.69) is 24.3 Å². The van der Waals surface area contributed by atoms with E-state index in [1.54, 1.807) is 0 Å². The van der Waals surface area contributed by atoms with E-state index in [1.165, 1.54) is 0 Å². The second-order valence-electron chi connectivity index (χ2n) is 1.87. The van der Waals surface area contributed by atoms with Gasteiger partial charge in [0.25, 0.3) is 0 Å². The summed E-state index contributed by atoms with van der Waals surface area (Å²) >= 11 is 0. The smallest absolute Gasteiger partial charge is 0.418 e. The van der Waals surface area contributed by atoms with Gasteiger partial charge < -0.3 is 17.3 Å². The minimum Gasteiger partial charge on any atom is -0.418 e. The van der Waals surface area contributed by atoms with Gasteiger partial charge in [-0.2, -0.15) is 0 Å². The number of hydrogen-bond donors (Lipinski definition) is 0. The zero-order valence-electron chi connectivity index (χ0n) is 7.44. The zero-order chi connectivity index (χ0) is 10.0. The van der Waals surface area contributed by atoms with Crippen LogP contribution in [0.25, 0.3) is 0 Å². The Hall–Kier alpha value is -0.112. The molecule has 0 bridgehead atoms. The summed E-state index contributed by atoms with van der Waals surface area (Å²) in [5, 5.41) is 0. The van der Waals surface area contributed by atoms with Crippen LogP contribution in [0.5, 0.6) is 0 Å². The van der Waals surface area contributed by atoms with Crippen LogP contribution in [0.1, 0.15) is 20.3 Å². The molecule has 0 aromatic heterocycles. The van der Waals surface area contributed by atoms with Crippen LogP contribution in [0.3, 0.4) is 0 Å². The van der Waals surface area contributed by atoms with Crippen molar-refractivity contribution in [3.8, 4) is 0 Å². The van der Waals surface area contributed by atoms with Crippen molar-refractivity contribution in [2.45, 2.75) is 20.3 Å². The van der Waals surface area contributed by atoms with Crippen LogP contribution >= 0.6 is 0 Å². The van der Waals surface area contributed by atoms with Gasteiger partial charge in [-0.25, -0.2) is 0 Å². The molecule has 0 aliphatic rings. The Morgan fingerprint density at radius 3 is 1.31 bits per heavy atom. The average molecular weight is 286 g/mol. The molecule has 0 atom stereocenters. The van der Waals surface area contributed by atoms with Crippen molar-refractivity contribution in [1.82, 2.24) is 0 Å². The molecule has 0 aliphatic heterocycles. The first-order valence-electron chi connectivity index (χ1n) is 3.51. The van der Waals surface area contributed by atoms with Gasteiger partial charge in [-0.3, -0.25) is 0 Å². The third kappa shape index (κ3) is 76.9. The van der Waals surface area contributed by atoms with Crippen LogP contribution < -0.4 is 0 Å². The molecule has 0 aliphatic carbocycles. The minimum absolute atomic E-state index is 0. The van der Waals surface area contributed by atoms with E-state index in [-0.39, 0.29) is 19.5 Å². The van der Waals surface area contributed by atoms with Crippen LogP contribution in [0.4, 0.5) is 17.3 Å². The van der Waals surface area contributed by atoms with Gasteiger partial charge in [-0.1, -0.05) is 24.3 Å². The number of rotatable bonds is 2. The van der Waals surface area contributed by atoms with Crippen LogP contribution in [0, 0.1) is 0 Å². The molecule has 0 saturated carbocycles. The van der Waals surface area contributed by atoms with Crippen LogP contribution in [0.2, 0.25) is 0 Å². The van der Waals surface area contributed by atoms with E-state index in [4.69, 9.17) is 0 Å². The molecule has 13 heavy (non-hydrogen) atoms. The summed E-state index contributed by atoms with van der Waals surface area (Å²) in [4.78, 5) is 0. The molecule has 0 rings (SSSR count). The number of hydrogen-bond acceptors (Lipinski definition) is 0. The molecule has 0 amide bonds. The molecule has 0 spiro atoms. The first kappa shape index (κ1) is 18.6. The molecule has 0 aromatic carbocycles. The van der Waals surface area contributed by atoms with Crippen molar-refractivity contribution in [2.75, 3.05) is 0 Å². The van der Waals surface area contributed by atoms with Crippen LogP contribution in [0.15, 0.2) is 24.3 Å². The summed E-state index contributed by atoms with van der Waals surface area (Å²) in [6.45, 7) is 4.06. The van der Waals surface area contributed by atoms with E-state index in [0.29, 0.717) is 0 Å². The third-order valence-electron chi connectivity index (χ3n) is 0.744. The predicted octanol–water partition coefficient (Wildman–Crippen LogP) is 3.83. The van der Waals surface area contributed by atoms with Crippen molar-refractivity contribution < 1.29 is 36.7 Å². The Balaban J connectivity index is -0.000000150. The normalized spacial score (nSPS) is 10.9. The van der Waals surface area contributed by atoms with E-state index in [9.17, 15) is 17.3 Å². The molecule has 0 unspecified atom stereocenters. The quantitative estimate of drug-likeness (QED) is 0.411. The SMILES string of the molecule is C/C=C/C/C=C/C.F[B-](F)(F)F.[Rh+]. The van der Waals surface area contributed by atoms with Crippen LogP contribution in [-0.4, -0.2) is 7.25 Å². The van der Waals surface area contributed by atoms with Gasteiger partial charge in [0.1, 0.15) is 0 Å². The van der Waals surface area contributed by atoms with Gasteiger partial charge in [0.05, 0.1) is 0 Å². The molecule has 0 radical (unpaired) electrons. The Kier molecular flexibility index (Phi) is 17.0. The molecule has 0 aromatic rings. The van der Waals surface area contributed by atoms with E-state index in [0.717, 1.165) is 6.42 Å². The molecule has 80 valence electrons. The summed E-state index contributed by atoms with van der Waals surface area (Å²) in [5.74, 6) is 0. The van der Waals surface area contributed by atoms with Crippen molar-refractivity contribution in [1.29, 1.82) is 0 Å². The molecule has 0 nitrogen and oxygen atoms in total. The van der Waals surface area contributed by atoms with Gasteiger partial charge in [-0.15, -0.1) is 0 Å². The van der Waals surface area contributed by atoms with Gasteiger partial charge >= 0.3 is 26.7 Å². The fourth-order valence-electron chi connectivity index (χ4n) is 0.351. The average Bonchev–Trinajstić information content (AvgIpc) is 1.85. The topological polar surface area (TPSA) is 0 Å². The largest absolute Gasteiger partial charge is 1.00 e. The summed E-state index contributed by atoms with van der Waals surface area (Å²) in [7, 11) is -6.00. The Bertz CT molecular complexity index is 126. The van der Waals surface area contributed by atoms with E-state index < -0.39 is 7.25 Å². The van der Waals surface area contributed by atoms with Gasteiger partial charge in [0.15, 0.2) is 0 Å². The molecule has 0 N–H and O–H groups in total. The minimum atomic E-state index is -6.00. The Morgan fingerprint density at radius 1 is 0.923 bits per heavy atom. The van der Waals surface area contributed by atoms with Gasteiger partial charge in [0.2, 0.25) is 0 Å². The zero-order valence-corrected chi connectivity index (χ0v) is 9.08. The maximum Gasteiger partial charge on any atom is 1.00 e. The Morgan fingerprint density at radius 2 is 1.15 bits per heavy atom. The van der Waals surface area contributed by atoms with Crippen molar-refractivity contribution in [3.05, 3.63) is 24.3 Å². The summed E-state index contributed by atoms with van der Waals surface area (Å²) in [5.41, 5.74) is 0. The van der Waals surface area contributed by atoms with E-state index in [1.807, 2.05) is 13.8 Å². The van der Waals surface area contributed by atoms with Crippen molar-refractivity contribution in [2.24, 2.45) is 0 Å². The van der Waals surface area contributed by atoms with Crippen molar-refractivity contribution in [3.63, 3.8) is 0 Å². The third-order valence-corrected chi connectivity index (χ3v) is 0.744. The van der Waals surface area contributed by atoms with E-state index >= 15 is 0 Å². The van der Waals surface area contributed by atoms with Gasteiger partial charge in [-0.05, 0) is 20.3 Å². The summed E-state index contributed by atoms with van der Waals surface area (Å²) < 4.78 is 39.0. The Labute approximate surface area is 89.0 Å². The standard InChI is InChI=1S/C7H12.BF4.Rh/c1-3-5-7-6-4-2;2-1(3,4)5;/h3-6H,7H2,1-2H3;;/q;-1;+1/b5-3+,6-4+;;. The van der Waals surface area contributed by atoms with Crippen molar-refractivity contribution >= 4 is 7.25 Å². The second kappa shape index (κ2) is 11.9. The summed E-state index contributed by atoms with van der Waals surface area (Å²) in [6.07, 6.45) is 9.44. The fourth-order valence-corrected chi connectivity index (χ4v) is 0.351.